The molecule has 7 nitrogen and oxygen atoms in total. The summed E-state index contributed by atoms with van der Waals surface area (Å²) in [5.41, 5.74) is 1.98. The van der Waals surface area contributed by atoms with Crippen molar-refractivity contribution in [2.24, 2.45) is 0 Å². The number of ether oxygens (including phenoxy) is 3. The molecule has 2 aliphatic heterocycles. The van der Waals surface area contributed by atoms with Crippen molar-refractivity contribution in [1.82, 2.24) is 5.32 Å². The minimum Gasteiger partial charge on any atom is -0.454 e. The number of hydrogen-bond acceptors (Lipinski definition) is 5. The smallest absolute Gasteiger partial charge is 0.251 e. The van der Waals surface area contributed by atoms with Crippen LogP contribution in [0.25, 0.3) is 0 Å². The Morgan fingerprint density at radius 3 is 2.62 bits per heavy atom. The van der Waals surface area contributed by atoms with Crippen LogP contribution in [0.4, 0.5) is 5.69 Å². The van der Waals surface area contributed by atoms with Crippen LogP contribution in [0.2, 0.25) is 0 Å². The maximum Gasteiger partial charge on any atom is 0.251 e. The SMILES string of the molecule is CC(=O)Nc1cccc(C(=O)NCC2(c3ccc4c(c3)OCO4)CCOCC2)c1. The fourth-order valence-electron chi connectivity index (χ4n) is 3.85. The zero-order valence-corrected chi connectivity index (χ0v) is 16.3. The first-order valence-electron chi connectivity index (χ1n) is 9.69. The molecular weight excluding hydrogens is 372 g/mol. The molecule has 2 aromatic rings. The van der Waals surface area contributed by atoms with Crippen LogP contribution in [0.3, 0.4) is 0 Å². The van der Waals surface area contributed by atoms with Gasteiger partial charge in [-0.05, 0) is 48.7 Å². The van der Waals surface area contributed by atoms with E-state index in [9.17, 15) is 9.59 Å². The molecule has 0 aromatic heterocycles. The van der Waals surface area contributed by atoms with E-state index < -0.39 is 0 Å². The van der Waals surface area contributed by atoms with E-state index in [2.05, 4.69) is 10.6 Å². The van der Waals surface area contributed by atoms with Gasteiger partial charge >= 0.3 is 0 Å². The number of rotatable bonds is 5. The lowest BCUT2D eigenvalue weighted by Gasteiger charge is -2.38. The van der Waals surface area contributed by atoms with E-state index in [0.29, 0.717) is 31.0 Å². The Hall–Kier alpha value is -3.06. The van der Waals surface area contributed by atoms with Crippen molar-refractivity contribution in [2.45, 2.75) is 25.2 Å². The van der Waals surface area contributed by atoms with Crippen molar-refractivity contribution >= 4 is 17.5 Å². The zero-order valence-electron chi connectivity index (χ0n) is 16.3. The van der Waals surface area contributed by atoms with Crippen molar-refractivity contribution in [3.05, 3.63) is 53.6 Å². The average Bonchev–Trinajstić information content (AvgIpc) is 3.20. The normalized spacial score (nSPS) is 16.9. The van der Waals surface area contributed by atoms with E-state index in [1.54, 1.807) is 24.3 Å². The Kier molecular flexibility index (Phi) is 5.40. The maximum atomic E-state index is 12.8. The first-order chi connectivity index (χ1) is 14.1. The molecular formula is C22H24N2O5. The second-order valence-electron chi connectivity index (χ2n) is 7.41. The van der Waals surface area contributed by atoms with Crippen molar-refractivity contribution < 1.29 is 23.8 Å². The van der Waals surface area contributed by atoms with Gasteiger partial charge in [0.15, 0.2) is 11.5 Å². The molecule has 0 aliphatic carbocycles. The first kappa shape index (κ1) is 19.3. The van der Waals surface area contributed by atoms with Gasteiger partial charge in [-0.1, -0.05) is 12.1 Å². The summed E-state index contributed by atoms with van der Waals surface area (Å²) in [6, 6.07) is 12.9. The summed E-state index contributed by atoms with van der Waals surface area (Å²) in [4.78, 5) is 24.0. The lowest BCUT2D eigenvalue weighted by atomic mass is 9.74. The molecule has 0 unspecified atom stereocenters. The van der Waals surface area contributed by atoms with E-state index in [-0.39, 0.29) is 24.0 Å². The Labute approximate surface area is 169 Å². The Balaban J connectivity index is 1.52. The van der Waals surface area contributed by atoms with Crippen LogP contribution in [0.1, 0.15) is 35.7 Å². The summed E-state index contributed by atoms with van der Waals surface area (Å²) in [6.45, 7) is 3.44. The second kappa shape index (κ2) is 8.13. The topological polar surface area (TPSA) is 85.9 Å². The quantitative estimate of drug-likeness (QED) is 0.812. The van der Waals surface area contributed by atoms with Crippen LogP contribution in [0.5, 0.6) is 11.5 Å². The van der Waals surface area contributed by atoms with Crippen LogP contribution >= 0.6 is 0 Å². The van der Waals surface area contributed by atoms with Gasteiger partial charge in [0.05, 0.1) is 0 Å². The minimum absolute atomic E-state index is 0.175. The molecule has 0 spiro atoms. The van der Waals surface area contributed by atoms with E-state index >= 15 is 0 Å². The number of hydrogen-bond donors (Lipinski definition) is 2. The van der Waals surface area contributed by atoms with Gasteiger partial charge in [-0.25, -0.2) is 0 Å². The molecule has 7 heteroatoms. The number of amides is 2. The zero-order chi connectivity index (χ0) is 20.3. The maximum absolute atomic E-state index is 12.8. The van der Waals surface area contributed by atoms with Gasteiger partial charge < -0.3 is 24.8 Å². The highest BCUT2D eigenvalue weighted by molar-refractivity contribution is 5.96. The van der Waals surface area contributed by atoms with Gasteiger partial charge in [-0.3, -0.25) is 9.59 Å². The fraction of sp³-hybridized carbons (Fsp3) is 0.364. The molecule has 2 N–H and O–H groups in total. The molecule has 4 rings (SSSR count). The molecule has 1 saturated heterocycles. The summed E-state index contributed by atoms with van der Waals surface area (Å²) in [5, 5.41) is 5.78. The molecule has 2 aromatic carbocycles. The highest BCUT2D eigenvalue weighted by Crippen LogP contribution is 2.40. The number of carbonyl (C=O) groups excluding carboxylic acids is 2. The van der Waals surface area contributed by atoms with Crippen molar-refractivity contribution in [2.75, 3.05) is 31.9 Å². The standard InChI is InChI=1S/C22H24N2O5/c1-15(25)24-18-4-2-3-16(11-18)21(26)23-13-22(7-9-27-10-8-22)17-5-6-19-20(12-17)29-14-28-19/h2-6,11-12H,7-10,13-14H2,1H3,(H,23,26)(H,24,25). The Bertz CT molecular complexity index is 921. The third-order valence-electron chi connectivity index (χ3n) is 5.47. The highest BCUT2D eigenvalue weighted by Gasteiger charge is 2.36. The monoisotopic (exact) mass is 396 g/mol. The molecule has 0 radical (unpaired) electrons. The second-order valence-corrected chi connectivity index (χ2v) is 7.41. The summed E-state index contributed by atoms with van der Waals surface area (Å²) in [6.07, 6.45) is 1.61. The number of carbonyl (C=O) groups is 2. The molecule has 2 amide bonds. The molecule has 29 heavy (non-hydrogen) atoms. The molecule has 152 valence electrons. The van der Waals surface area contributed by atoms with Gasteiger partial charge in [0.1, 0.15) is 0 Å². The lowest BCUT2D eigenvalue weighted by molar-refractivity contribution is -0.114. The predicted octanol–water partition coefficient (Wildman–Crippen LogP) is 2.85. The van der Waals surface area contributed by atoms with Crippen LogP contribution in [-0.2, 0) is 14.9 Å². The van der Waals surface area contributed by atoms with Gasteiger partial charge in [0.2, 0.25) is 12.7 Å². The summed E-state index contributed by atoms with van der Waals surface area (Å²) < 4.78 is 16.5. The Morgan fingerprint density at radius 1 is 1.03 bits per heavy atom. The van der Waals surface area contributed by atoms with Crippen molar-refractivity contribution in [3.8, 4) is 11.5 Å². The molecule has 2 aliphatic rings. The van der Waals surface area contributed by atoms with Crippen LogP contribution in [0.15, 0.2) is 42.5 Å². The van der Waals surface area contributed by atoms with Crippen LogP contribution in [0, 0.1) is 0 Å². The Morgan fingerprint density at radius 2 is 1.83 bits per heavy atom. The summed E-state index contributed by atoms with van der Waals surface area (Å²) in [5.74, 6) is 1.13. The van der Waals surface area contributed by atoms with E-state index in [1.807, 2.05) is 18.2 Å². The van der Waals surface area contributed by atoms with Gasteiger partial charge in [0.25, 0.3) is 5.91 Å². The lowest BCUT2D eigenvalue weighted by Crippen LogP contribution is -2.44. The third kappa shape index (κ3) is 4.19. The fourth-order valence-corrected chi connectivity index (χ4v) is 3.85. The summed E-state index contributed by atoms with van der Waals surface area (Å²) >= 11 is 0. The molecule has 0 atom stereocenters. The first-order valence-corrected chi connectivity index (χ1v) is 9.69. The summed E-state index contributed by atoms with van der Waals surface area (Å²) in [7, 11) is 0. The van der Waals surface area contributed by atoms with Gasteiger partial charge in [-0.15, -0.1) is 0 Å². The average molecular weight is 396 g/mol. The molecule has 0 bridgehead atoms. The van der Waals surface area contributed by atoms with E-state index in [1.165, 1.54) is 6.92 Å². The highest BCUT2D eigenvalue weighted by atomic mass is 16.7. The number of fused-ring (bicyclic) bond motifs is 1. The minimum atomic E-state index is -0.232. The molecule has 0 saturated carbocycles. The largest absolute Gasteiger partial charge is 0.454 e. The third-order valence-corrected chi connectivity index (χ3v) is 5.47. The predicted molar refractivity (Wildman–Crippen MR) is 107 cm³/mol. The number of nitrogens with one attached hydrogen (secondary N) is 2. The van der Waals surface area contributed by atoms with Gasteiger partial charge in [0, 0.05) is 43.3 Å². The van der Waals surface area contributed by atoms with E-state index in [0.717, 1.165) is 29.9 Å². The van der Waals surface area contributed by atoms with Crippen LogP contribution in [-0.4, -0.2) is 38.4 Å². The van der Waals surface area contributed by atoms with Crippen molar-refractivity contribution in [1.29, 1.82) is 0 Å². The van der Waals surface area contributed by atoms with Gasteiger partial charge in [-0.2, -0.15) is 0 Å². The van der Waals surface area contributed by atoms with Crippen molar-refractivity contribution in [3.63, 3.8) is 0 Å². The molecule has 1 fully saturated rings. The number of anilines is 1. The van der Waals surface area contributed by atoms with E-state index in [4.69, 9.17) is 14.2 Å². The molecule has 2 heterocycles. The number of benzene rings is 2. The van der Waals surface area contributed by atoms with Crippen LogP contribution < -0.4 is 20.1 Å².